The van der Waals surface area contributed by atoms with E-state index in [1.54, 1.807) is 0 Å². The molecule has 0 amide bonds. The van der Waals surface area contributed by atoms with Crippen molar-refractivity contribution in [2.24, 2.45) is 23.0 Å². The van der Waals surface area contributed by atoms with E-state index in [4.69, 9.17) is 10.5 Å². The Morgan fingerprint density at radius 2 is 2.15 bits per heavy atom. The number of esters is 1. The molecular formula is C10H13NO2. The molecule has 4 fully saturated rings. The van der Waals surface area contributed by atoms with E-state index in [1.165, 1.54) is 0 Å². The van der Waals surface area contributed by atoms with Crippen molar-refractivity contribution in [1.82, 2.24) is 0 Å². The third-order valence-electron chi connectivity index (χ3n) is 4.79. The molecule has 1 aliphatic heterocycles. The summed E-state index contributed by atoms with van der Waals surface area (Å²) in [5.74, 6) is 1.13. The average molecular weight is 179 g/mol. The summed E-state index contributed by atoms with van der Waals surface area (Å²) >= 11 is 0. The summed E-state index contributed by atoms with van der Waals surface area (Å²) < 4.78 is 5.41. The monoisotopic (exact) mass is 179 g/mol. The number of fused-ring (bicyclic) bond motifs is 1. The maximum absolute atomic E-state index is 11.6. The minimum absolute atomic E-state index is 0.0146. The first-order valence-corrected chi connectivity index (χ1v) is 5.14. The number of carbonyl (C=O) groups excluding carboxylic acids is 1. The van der Waals surface area contributed by atoms with Gasteiger partial charge < -0.3 is 10.5 Å². The van der Waals surface area contributed by atoms with E-state index in [2.05, 4.69) is 0 Å². The minimum atomic E-state index is -0.0377. The highest BCUT2D eigenvalue weighted by atomic mass is 16.6. The van der Waals surface area contributed by atoms with E-state index >= 15 is 0 Å². The van der Waals surface area contributed by atoms with E-state index in [9.17, 15) is 4.79 Å². The molecule has 1 saturated heterocycles. The van der Waals surface area contributed by atoms with Gasteiger partial charge in [-0.3, -0.25) is 4.79 Å². The second-order valence-electron chi connectivity index (χ2n) is 5.47. The molecular weight excluding hydrogens is 166 g/mol. The van der Waals surface area contributed by atoms with E-state index in [-0.39, 0.29) is 23.0 Å². The van der Waals surface area contributed by atoms with Crippen molar-refractivity contribution in [3.05, 3.63) is 0 Å². The molecule has 3 nitrogen and oxygen atoms in total. The van der Waals surface area contributed by atoms with E-state index in [0.29, 0.717) is 11.8 Å². The Bertz CT molecular complexity index is 325. The van der Waals surface area contributed by atoms with Gasteiger partial charge in [-0.25, -0.2) is 0 Å². The van der Waals surface area contributed by atoms with Crippen LogP contribution in [0.15, 0.2) is 0 Å². The van der Waals surface area contributed by atoms with Gasteiger partial charge in [0.05, 0.1) is 5.41 Å². The van der Waals surface area contributed by atoms with Gasteiger partial charge in [-0.1, -0.05) is 0 Å². The fraction of sp³-hybridized carbons (Fsp3) is 0.900. The van der Waals surface area contributed by atoms with Crippen molar-refractivity contribution >= 4 is 5.97 Å². The Morgan fingerprint density at radius 1 is 1.31 bits per heavy atom. The fourth-order valence-corrected chi connectivity index (χ4v) is 4.20. The van der Waals surface area contributed by atoms with Gasteiger partial charge in [0.25, 0.3) is 0 Å². The van der Waals surface area contributed by atoms with Crippen LogP contribution in [0.4, 0.5) is 0 Å². The van der Waals surface area contributed by atoms with Crippen LogP contribution in [0.1, 0.15) is 25.7 Å². The smallest absolute Gasteiger partial charge is 0.313 e. The lowest BCUT2D eigenvalue weighted by atomic mass is 9.77. The molecule has 4 rings (SSSR count). The van der Waals surface area contributed by atoms with Gasteiger partial charge in [0.2, 0.25) is 0 Å². The summed E-state index contributed by atoms with van der Waals surface area (Å²) in [6.45, 7) is 0. The average Bonchev–Trinajstić information content (AvgIpc) is 2.60. The molecule has 2 bridgehead atoms. The Hall–Kier alpha value is -0.570. The molecule has 1 spiro atoms. The van der Waals surface area contributed by atoms with Gasteiger partial charge in [-0.2, -0.15) is 0 Å². The van der Waals surface area contributed by atoms with E-state index in [1.807, 2.05) is 0 Å². The molecule has 0 aromatic heterocycles. The first kappa shape index (κ1) is 6.82. The number of hydrogen-bond donors (Lipinski definition) is 1. The topological polar surface area (TPSA) is 52.3 Å². The molecule has 2 N–H and O–H groups in total. The van der Waals surface area contributed by atoms with Crippen LogP contribution in [0.2, 0.25) is 0 Å². The Kier molecular flexibility index (Phi) is 0.807. The molecule has 3 saturated carbocycles. The van der Waals surface area contributed by atoms with Gasteiger partial charge >= 0.3 is 5.97 Å². The zero-order valence-electron chi connectivity index (χ0n) is 7.45. The van der Waals surface area contributed by atoms with Crippen molar-refractivity contribution < 1.29 is 9.53 Å². The summed E-state index contributed by atoms with van der Waals surface area (Å²) in [6.07, 6.45) is 4.24. The van der Waals surface area contributed by atoms with Gasteiger partial charge in [0, 0.05) is 17.9 Å². The van der Waals surface area contributed by atoms with Crippen LogP contribution in [0, 0.1) is 17.3 Å². The second kappa shape index (κ2) is 1.54. The summed E-state index contributed by atoms with van der Waals surface area (Å²) in [5, 5.41) is 0. The normalized spacial score (nSPS) is 66.2. The van der Waals surface area contributed by atoms with Crippen LogP contribution in [0.3, 0.4) is 0 Å². The quantitative estimate of drug-likeness (QED) is 0.549. The van der Waals surface area contributed by atoms with Crippen LogP contribution >= 0.6 is 0 Å². The largest absolute Gasteiger partial charge is 0.462 e. The standard InChI is InChI=1S/C10H13NO2/c11-9-1-5-2-10(5)6(3-9)7(4-9)13-8(10)12/h5-7H,1-4,11H2. The van der Waals surface area contributed by atoms with Crippen LogP contribution in [-0.2, 0) is 9.53 Å². The number of ether oxygens (including phenoxy) is 1. The SMILES string of the molecule is NC12CC3OC(=O)C4(CC4C1)C3C2. The highest BCUT2D eigenvalue weighted by Crippen LogP contribution is 2.73. The number of hydrogen-bond acceptors (Lipinski definition) is 3. The summed E-state index contributed by atoms with van der Waals surface area (Å²) in [6, 6.07) is 0. The zero-order valence-corrected chi connectivity index (χ0v) is 7.45. The van der Waals surface area contributed by atoms with E-state index < -0.39 is 0 Å². The van der Waals surface area contributed by atoms with Gasteiger partial charge in [0.1, 0.15) is 6.10 Å². The maximum atomic E-state index is 11.6. The van der Waals surface area contributed by atoms with Gasteiger partial charge in [-0.05, 0) is 25.2 Å². The highest BCUT2D eigenvalue weighted by Gasteiger charge is 2.78. The van der Waals surface area contributed by atoms with Gasteiger partial charge in [0.15, 0.2) is 0 Å². The lowest BCUT2D eigenvalue weighted by Gasteiger charge is -2.30. The molecule has 70 valence electrons. The van der Waals surface area contributed by atoms with Gasteiger partial charge in [-0.15, -0.1) is 0 Å². The molecule has 5 atom stereocenters. The predicted molar refractivity (Wildman–Crippen MR) is 44.7 cm³/mol. The second-order valence-corrected chi connectivity index (χ2v) is 5.47. The zero-order chi connectivity index (χ0) is 8.84. The maximum Gasteiger partial charge on any atom is 0.313 e. The summed E-state index contributed by atoms with van der Waals surface area (Å²) in [4.78, 5) is 11.6. The van der Waals surface area contributed by atoms with Crippen molar-refractivity contribution in [3.63, 3.8) is 0 Å². The molecule has 13 heavy (non-hydrogen) atoms. The molecule has 0 radical (unpaired) electrons. The molecule has 0 aromatic rings. The molecule has 3 heteroatoms. The lowest BCUT2D eigenvalue weighted by molar-refractivity contribution is -0.147. The lowest BCUT2D eigenvalue weighted by Crippen LogP contribution is -2.43. The van der Waals surface area contributed by atoms with Crippen molar-refractivity contribution in [3.8, 4) is 0 Å². The Labute approximate surface area is 76.6 Å². The molecule has 5 unspecified atom stereocenters. The number of nitrogens with two attached hydrogens (primary N) is 1. The Balaban J connectivity index is 1.89. The van der Waals surface area contributed by atoms with Crippen LogP contribution in [0.5, 0.6) is 0 Å². The molecule has 4 aliphatic rings. The van der Waals surface area contributed by atoms with Crippen LogP contribution in [0.25, 0.3) is 0 Å². The minimum Gasteiger partial charge on any atom is -0.462 e. The Morgan fingerprint density at radius 3 is 3.00 bits per heavy atom. The summed E-state index contributed by atoms with van der Waals surface area (Å²) in [5.41, 5.74) is 6.23. The first-order chi connectivity index (χ1) is 6.14. The first-order valence-electron chi connectivity index (χ1n) is 5.14. The van der Waals surface area contributed by atoms with Crippen LogP contribution < -0.4 is 5.73 Å². The van der Waals surface area contributed by atoms with Crippen molar-refractivity contribution in [1.29, 1.82) is 0 Å². The van der Waals surface area contributed by atoms with Crippen molar-refractivity contribution in [2.45, 2.75) is 37.3 Å². The number of rotatable bonds is 0. The molecule has 3 aliphatic carbocycles. The highest BCUT2D eigenvalue weighted by molar-refractivity contribution is 5.84. The fourth-order valence-electron chi connectivity index (χ4n) is 4.20. The third-order valence-corrected chi connectivity index (χ3v) is 4.79. The summed E-state index contributed by atoms with van der Waals surface area (Å²) in [7, 11) is 0. The molecule has 0 aromatic carbocycles. The third kappa shape index (κ3) is 0.539. The number of carbonyl (C=O) groups is 1. The van der Waals surface area contributed by atoms with Crippen LogP contribution in [-0.4, -0.2) is 17.6 Å². The van der Waals surface area contributed by atoms with Crippen molar-refractivity contribution in [2.75, 3.05) is 0 Å². The predicted octanol–water partition coefficient (Wildman–Crippen LogP) is 0.429. The molecule has 1 heterocycles. The van der Waals surface area contributed by atoms with E-state index in [0.717, 1.165) is 25.7 Å².